The fourth-order valence-electron chi connectivity index (χ4n) is 0.253. The summed E-state index contributed by atoms with van der Waals surface area (Å²) in [4.78, 5) is 9.70. The monoisotopic (exact) mass is 187 g/mol. The van der Waals surface area contributed by atoms with Crippen LogP contribution in [0.4, 0.5) is 0 Å². The van der Waals surface area contributed by atoms with Crippen LogP contribution in [0.3, 0.4) is 0 Å². The standard InChI is InChI=1S/C4H9NO2.C4H10.C2H2/c5-3-1-2-4(6)7;1-4(2)3;1-2/h1-3,5H2,(H,6,7);4H,1-3H3;1-2H. The molecule has 0 amide bonds. The molecule has 0 heterocycles. The predicted molar refractivity (Wildman–Crippen MR) is 56.3 cm³/mol. The van der Waals surface area contributed by atoms with E-state index in [1.54, 1.807) is 0 Å². The molecule has 0 saturated carbocycles. The maximum atomic E-state index is 9.70. The number of rotatable bonds is 3. The molecule has 3 N–H and O–H groups in total. The Morgan fingerprint density at radius 1 is 1.38 bits per heavy atom. The molecule has 0 saturated heterocycles. The summed E-state index contributed by atoms with van der Waals surface area (Å²) in [5.41, 5.74) is 5.01. The minimum atomic E-state index is -0.773. The molecule has 13 heavy (non-hydrogen) atoms. The summed E-state index contributed by atoms with van der Waals surface area (Å²) in [6.45, 7) is 6.96. The average Bonchev–Trinajstić information content (AvgIpc) is 2.03. The quantitative estimate of drug-likeness (QED) is 0.661. The van der Waals surface area contributed by atoms with Gasteiger partial charge < -0.3 is 10.8 Å². The van der Waals surface area contributed by atoms with Gasteiger partial charge in [-0.25, -0.2) is 0 Å². The summed E-state index contributed by atoms with van der Waals surface area (Å²) in [5, 5.41) is 7.99. The van der Waals surface area contributed by atoms with Gasteiger partial charge in [-0.2, -0.15) is 0 Å². The minimum Gasteiger partial charge on any atom is -0.481 e. The number of carboxylic acids is 1. The van der Waals surface area contributed by atoms with Crippen LogP contribution in [-0.4, -0.2) is 17.6 Å². The van der Waals surface area contributed by atoms with Crippen molar-refractivity contribution in [3.05, 3.63) is 0 Å². The summed E-state index contributed by atoms with van der Waals surface area (Å²) in [6.07, 6.45) is 8.77. The lowest BCUT2D eigenvalue weighted by molar-refractivity contribution is -0.137. The lowest BCUT2D eigenvalue weighted by Crippen LogP contribution is -2.02. The summed E-state index contributed by atoms with van der Waals surface area (Å²) in [5.74, 6) is 0.0606. The first-order valence-electron chi connectivity index (χ1n) is 4.25. The lowest BCUT2D eigenvalue weighted by atomic mass is 10.3. The fraction of sp³-hybridized carbons (Fsp3) is 0.700. The van der Waals surface area contributed by atoms with Crippen LogP contribution >= 0.6 is 0 Å². The van der Waals surface area contributed by atoms with Gasteiger partial charge in [-0.05, 0) is 18.9 Å². The number of terminal acetylenes is 1. The maximum absolute atomic E-state index is 9.70. The number of hydrogen-bond donors (Lipinski definition) is 2. The highest BCUT2D eigenvalue weighted by atomic mass is 16.4. The van der Waals surface area contributed by atoms with Gasteiger partial charge in [0.05, 0.1) is 0 Å². The zero-order valence-corrected chi connectivity index (χ0v) is 8.79. The van der Waals surface area contributed by atoms with Crippen molar-refractivity contribution >= 4 is 5.97 Å². The smallest absolute Gasteiger partial charge is 0.303 e. The van der Waals surface area contributed by atoms with E-state index in [-0.39, 0.29) is 6.42 Å². The van der Waals surface area contributed by atoms with Gasteiger partial charge in [0.2, 0.25) is 0 Å². The molecule has 3 heteroatoms. The van der Waals surface area contributed by atoms with Crippen LogP contribution in [0.5, 0.6) is 0 Å². The zero-order chi connectivity index (χ0) is 11.3. The molecular weight excluding hydrogens is 166 g/mol. The van der Waals surface area contributed by atoms with Crippen LogP contribution < -0.4 is 5.73 Å². The van der Waals surface area contributed by atoms with Crippen LogP contribution in [0.25, 0.3) is 0 Å². The van der Waals surface area contributed by atoms with Gasteiger partial charge in [-0.15, -0.1) is 12.8 Å². The summed E-state index contributed by atoms with van der Waals surface area (Å²) < 4.78 is 0. The van der Waals surface area contributed by atoms with E-state index in [0.29, 0.717) is 13.0 Å². The van der Waals surface area contributed by atoms with Crippen LogP contribution in [0, 0.1) is 18.8 Å². The first-order valence-corrected chi connectivity index (χ1v) is 4.25. The number of hydrogen-bond acceptors (Lipinski definition) is 2. The van der Waals surface area contributed by atoms with Crippen molar-refractivity contribution in [3.63, 3.8) is 0 Å². The van der Waals surface area contributed by atoms with Crippen molar-refractivity contribution in [2.45, 2.75) is 33.6 Å². The molecule has 0 aromatic heterocycles. The molecule has 0 aliphatic rings. The normalized spacial score (nSPS) is 7.62. The summed E-state index contributed by atoms with van der Waals surface area (Å²) >= 11 is 0. The highest BCUT2D eigenvalue weighted by Crippen LogP contribution is 1.82. The second-order valence-corrected chi connectivity index (χ2v) is 3.02. The molecule has 0 aliphatic heterocycles. The van der Waals surface area contributed by atoms with Crippen LogP contribution in [0.1, 0.15) is 33.6 Å². The van der Waals surface area contributed by atoms with E-state index in [4.69, 9.17) is 10.8 Å². The highest BCUT2D eigenvalue weighted by Gasteiger charge is 1.91. The van der Waals surface area contributed by atoms with Gasteiger partial charge in [-0.1, -0.05) is 20.8 Å². The van der Waals surface area contributed by atoms with Crippen molar-refractivity contribution in [2.75, 3.05) is 6.54 Å². The first-order chi connectivity index (χ1) is 6.00. The lowest BCUT2D eigenvalue weighted by Gasteiger charge is -1.86. The van der Waals surface area contributed by atoms with Crippen LogP contribution in [0.15, 0.2) is 0 Å². The molecule has 3 nitrogen and oxygen atoms in total. The largest absolute Gasteiger partial charge is 0.481 e. The SMILES string of the molecule is C#C.CC(C)C.NCCCC(=O)O. The number of nitrogens with two attached hydrogens (primary N) is 1. The third-order valence-corrected chi connectivity index (χ3v) is 0.595. The van der Waals surface area contributed by atoms with Gasteiger partial charge in [-0.3, -0.25) is 4.79 Å². The van der Waals surface area contributed by atoms with Gasteiger partial charge in [0.15, 0.2) is 0 Å². The molecule has 0 rings (SSSR count). The zero-order valence-electron chi connectivity index (χ0n) is 8.79. The maximum Gasteiger partial charge on any atom is 0.303 e. The molecule has 0 spiro atoms. The predicted octanol–water partition coefficient (Wildman–Crippen LogP) is 1.72. The molecule has 78 valence electrons. The number of carbonyl (C=O) groups is 1. The molecule has 0 unspecified atom stereocenters. The second-order valence-electron chi connectivity index (χ2n) is 3.02. The minimum absolute atomic E-state index is 0.191. The Balaban J connectivity index is -0.000000142. The number of carboxylic acid groups (broad SMARTS) is 1. The molecule has 0 bridgehead atoms. The van der Waals surface area contributed by atoms with E-state index < -0.39 is 5.97 Å². The van der Waals surface area contributed by atoms with E-state index >= 15 is 0 Å². The van der Waals surface area contributed by atoms with Gasteiger partial charge in [0.25, 0.3) is 0 Å². The fourth-order valence-corrected chi connectivity index (χ4v) is 0.253. The number of aliphatic carboxylic acids is 1. The Morgan fingerprint density at radius 2 is 1.69 bits per heavy atom. The highest BCUT2D eigenvalue weighted by molar-refractivity contribution is 5.66. The molecule has 0 aromatic carbocycles. The molecular formula is C10H21NO2. The Labute approximate surface area is 81.3 Å². The molecule has 0 atom stereocenters. The summed E-state index contributed by atoms with van der Waals surface area (Å²) in [7, 11) is 0. The van der Waals surface area contributed by atoms with Gasteiger partial charge in [0, 0.05) is 6.42 Å². The van der Waals surface area contributed by atoms with Crippen molar-refractivity contribution < 1.29 is 9.90 Å². The Morgan fingerprint density at radius 3 is 1.77 bits per heavy atom. The second kappa shape index (κ2) is 17.2. The third kappa shape index (κ3) is 99.4. The van der Waals surface area contributed by atoms with E-state index in [1.807, 2.05) is 0 Å². The van der Waals surface area contributed by atoms with Gasteiger partial charge in [0.1, 0.15) is 0 Å². The topological polar surface area (TPSA) is 63.3 Å². The van der Waals surface area contributed by atoms with Crippen molar-refractivity contribution in [1.82, 2.24) is 0 Å². The third-order valence-electron chi connectivity index (χ3n) is 0.595. The average molecular weight is 187 g/mol. The van der Waals surface area contributed by atoms with E-state index in [2.05, 4.69) is 33.6 Å². The Hall–Kier alpha value is -1.01. The first kappa shape index (κ1) is 17.9. The van der Waals surface area contributed by atoms with Crippen molar-refractivity contribution in [3.8, 4) is 12.8 Å². The molecule has 0 fully saturated rings. The molecule has 0 aromatic rings. The van der Waals surface area contributed by atoms with E-state index in [9.17, 15) is 4.79 Å². The molecule has 0 aliphatic carbocycles. The van der Waals surface area contributed by atoms with Crippen LogP contribution in [0.2, 0.25) is 0 Å². The van der Waals surface area contributed by atoms with Gasteiger partial charge >= 0.3 is 5.97 Å². The van der Waals surface area contributed by atoms with Crippen LogP contribution in [-0.2, 0) is 4.79 Å². The van der Waals surface area contributed by atoms with Crippen molar-refractivity contribution in [1.29, 1.82) is 0 Å². The Bertz CT molecular complexity index is 117. The van der Waals surface area contributed by atoms with E-state index in [0.717, 1.165) is 5.92 Å². The van der Waals surface area contributed by atoms with Crippen molar-refractivity contribution in [2.24, 2.45) is 11.7 Å². The summed E-state index contributed by atoms with van der Waals surface area (Å²) in [6, 6.07) is 0. The Kier molecular flexibility index (Phi) is 23.7. The molecule has 0 radical (unpaired) electrons. The van der Waals surface area contributed by atoms with E-state index in [1.165, 1.54) is 0 Å².